The molecule has 8 heteroatoms. The van der Waals surface area contributed by atoms with E-state index in [1.807, 2.05) is 37.3 Å². The standard InChI is InChI=1S/C27H23F2N3O3/c1-17(18-7-3-2-4-8-18)31-27(34)21-9-5-6-10-23(21)32-25(33)13-14-26-30-16-24(35-26)20-12-11-19(28)15-22(20)29/h2-12,15-17H,13-14H2,1H3,(H,31,34)(H,32,33)/t17-/m0/s1. The Kier molecular flexibility index (Phi) is 7.30. The van der Waals surface area contributed by atoms with Crippen LogP contribution in [0, 0.1) is 11.6 Å². The SMILES string of the molecule is C[C@H](NC(=O)c1ccccc1NC(=O)CCc1ncc(-c2ccc(F)cc2F)o1)c1ccccc1. The predicted molar refractivity (Wildman–Crippen MR) is 128 cm³/mol. The molecule has 1 aromatic heterocycles. The molecule has 4 aromatic rings. The molecule has 4 rings (SSSR count). The van der Waals surface area contributed by atoms with E-state index in [1.165, 1.54) is 12.3 Å². The summed E-state index contributed by atoms with van der Waals surface area (Å²) in [7, 11) is 0. The van der Waals surface area contributed by atoms with Crippen LogP contribution in [-0.2, 0) is 11.2 Å². The average molecular weight is 475 g/mol. The number of oxazole rings is 1. The Morgan fingerprint density at radius 3 is 2.51 bits per heavy atom. The summed E-state index contributed by atoms with van der Waals surface area (Å²) < 4.78 is 32.6. The molecule has 0 aliphatic heterocycles. The van der Waals surface area contributed by atoms with Crippen LogP contribution >= 0.6 is 0 Å². The van der Waals surface area contributed by atoms with Crippen LogP contribution < -0.4 is 10.6 Å². The van der Waals surface area contributed by atoms with Crippen molar-refractivity contribution in [2.24, 2.45) is 0 Å². The molecule has 3 aromatic carbocycles. The lowest BCUT2D eigenvalue weighted by Gasteiger charge is -2.16. The van der Waals surface area contributed by atoms with Gasteiger partial charge in [-0.2, -0.15) is 0 Å². The van der Waals surface area contributed by atoms with E-state index >= 15 is 0 Å². The van der Waals surface area contributed by atoms with Gasteiger partial charge in [0.15, 0.2) is 11.7 Å². The van der Waals surface area contributed by atoms with Crippen molar-refractivity contribution in [3.63, 3.8) is 0 Å². The maximum absolute atomic E-state index is 14.0. The van der Waals surface area contributed by atoms with Crippen LogP contribution in [0.1, 0.15) is 41.2 Å². The zero-order chi connectivity index (χ0) is 24.8. The number of amides is 2. The van der Waals surface area contributed by atoms with Crippen LogP contribution in [0.15, 0.2) is 83.4 Å². The van der Waals surface area contributed by atoms with Gasteiger partial charge >= 0.3 is 0 Å². The number of anilines is 1. The van der Waals surface area contributed by atoms with E-state index in [0.29, 0.717) is 11.3 Å². The number of benzene rings is 3. The fraction of sp³-hybridized carbons (Fsp3) is 0.148. The number of para-hydroxylation sites is 1. The number of aryl methyl sites for hydroxylation is 1. The molecule has 0 radical (unpaired) electrons. The van der Waals surface area contributed by atoms with Gasteiger partial charge in [0.05, 0.1) is 29.1 Å². The molecule has 0 aliphatic carbocycles. The fourth-order valence-corrected chi connectivity index (χ4v) is 3.56. The van der Waals surface area contributed by atoms with Crippen LogP contribution in [0.5, 0.6) is 0 Å². The highest BCUT2D eigenvalue weighted by Gasteiger charge is 2.17. The van der Waals surface area contributed by atoms with Crippen molar-refractivity contribution >= 4 is 17.5 Å². The summed E-state index contributed by atoms with van der Waals surface area (Å²) in [4.78, 5) is 29.5. The van der Waals surface area contributed by atoms with Gasteiger partial charge in [0.2, 0.25) is 5.91 Å². The molecule has 2 amide bonds. The number of nitrogens with zero attached hydrogens (tertiary/aromatic N) is 1. The minimum absolute atomic E-state index is 0.0300. The molecule has 0 aliphatic rings. The zero-order valence-corrected chi connectivity index (χ0v) is 18.9. The monoisotopic (exact) mass is 475 g/mol. The van der Waals surface area contributed by atoms with Crippen molar-refractivity contribution in [2.75, 3.05) is 5.32 Å². The Labute approximate surface area is 201 Å². The van der Waals surface area contributed by atoms with Gasteiger partial charge in [0, 0.05) is 18.9 Å². The summed E-state index contributed by atoms with van der Waals surface area (Å²) in [5, 5.41) is 5.70. The number of halogens is 2. The van der Waals surface area contributed by atoms with Crippen molar-refractivity contribution in [3.05, 3.63) is 108 Å². The van der Waals surface area contributed by atoms with Crippen LogP contribution in [0.4, 0.5) is 14.5 Å². The number of carbonyl (C=O) groups is 2. The third-order valence-corrected chi connectivity index (χ3v) is 5.41. The van der Waals surface area contributed by atoms with E-state index < -0.39 is 11.6 Å². The average Bonchev–Trinajstić information content (AvgIpc) is 3.32. The maximum Gasteiger partial charge on any atom is 0.253 e. The second-order valence-corrected chi connectivity index (χ2v) is 7.94. The van der Waals surface area contributed by atoms with E-state index in [4.69, 9.17) is 4.42 Å². The number of aromatic nitrogens is 1. The van der Waals surface area contributed by atoms with Crippen molar-refractivity contribution in [1.82, 2.24) is 10.3 Å². The molecular formula is C27H23F2N3O3. The molecule has 0 bridgehead atoms. The van der Waals surface area contributed by atoms with Gasteiger partial charge in [0.25, 0.3) is 5.91 Å². The lowest BCUT2D eigenvalue weighted by atomic mass is 10.1. The number of hydrogen-bond acceptors (Lipinski definition) is 4. The fourth-order valence-electron chi connectivity index (χ4n) is 3.56. The third-order valence-electron chi connectivity index (χ3n) is 5.41. The minimum Gasteiger partial charge on any atom is -0.441 e. The van der Waals surface area contributed by atoms with Gasteiger partial charge < -0.3 is 15.1 Å². The molecule has 6 nitrogen and oxygen atoms in total. The first-order valence-electron chi connectivity index (χ1n) is 11.1. The molecule has 35 heavy (non-hydrogen) atoms. The van der Waals surface area contributed by atoms with Crippen LogP contribution in [0.25, 0.3) is 11.3 Å². The zero-order valence-electron chi connectivity index (χ0n) is 18.9. The molecule has 0 unspecified atom stereocenters. The van der Waals surface area contributed by atoms with Gasteiger partial charge in [-0.25, -0.2) is 13.8 Å². The molecular weight excluding hydrogens is 452 g/mol. The largest absolute Gasteiger partial charge is 0.441 e. The first-order chi connectivity index (χ1) is 16.9. The van der Waals surface area contributed by atoms with Crippen molar-refractivity contribution in [2.45, 2.75) is 25.8 Å². The Balaban J connectivity index is 1.37. The highest BCUT2D eigenvalue weighted by Crippen LogP contribution is 2.25. The number of carbonyl (C=O) groups excluding carboxylic acids is 2. The topological polar surface area (TPSA) is 84.2 Å². The number of nitrogens with one attached hydrogen (secondary N) is 2. The van der Waals surface area contributed by atoms with Gasteiger partial charge in [-0.1, -0.05) is 42.5 Å². The molecule has 2 N–H and O–H groups in total. The Bertz CT molecular complexity index is 1340. The molecule has 0 saturated carbocycles. The lowest BCUT2D eigenvalue weighted by molar-refractivity contribution is -0.116. The van der Waals surface area contributed by atoms with Crippen molar-refractivity contribution < 1.29 is 22.8 Å². The summed E-state index contributed by atoms with van der Waals surface area (Å²) in [5.74, 6) is -1.72. The molecule has 0 spiro atoms. The van der Waals surface area contributed by atoms with Gasteiger partial charge in [-0.15, -0.1) is 0 Å². The van der Waals surface area contributed by atoms with Crippen LogP contribution in [0.3, 0.4) is 0 Å². The van der Waals surface area contributed by atoms with Crippen molar-refractivity contribution in [3.8, 4) is 11.3 Å². The highest BCUT2D eigenvalue weighted by atomic mass is 19.1. The second kappa shape index (κ2) is 10.7. The minimum atomic E-state index is -0.762. The van der Waals surface area contributed by atoms with E-state index in [2.05, 4.69) is 15.6 Å². The quantitative estimate of drug-likeness (QED) is 0.343. The number of rotatable bonds is 8. The predicted octanol–water partition coefficient (Wildman–Crippen LogP) is 5.68. The summed E-state index contributed by atoms with van der Waals surface area (Å²) in [6, 6.07) is 19.3. The molecule has 178 valence electrons. The first-order valence-corrected chi connectivity index (χ1v) is 11.1. The normalized spacial score (nSPS) is 11.6. The van der Waals surface area contributed by atoms with Gasteiger partial charge in [0.1, 0.15) is 11.6 Å². The molecule has 1 atom stereocenters. The summed E-state index contributed by atoms with van der Waals surface area (Å²) in [6.45, 7) is 1.89. The summed E-state index contributed by atoms with van der Waals surface area (Å²) in [6.07, 6.45) is 1.52. The molecule has 0 saturated heterocycles. The summed E-state index contributed by atoms with van der Waals surface area (Å²) in [5.41, 5.74) is 1.78. The lowest BCUT2D eigenvalue weighted by Crippen LogP contribution is -2.28. The molecule has 1 heterocycles. The molecule has 0 fully saturated rings. The highest BCUT2D eigenvalue weighted by molar-refractivity contribution is 6.03. The van der Waals surface area contributed by atoms with Crippen LogP contribution in [0.2, 0.25) is 0 Å². The Morgan fingerprint density at radius 2 is 1.74 bits per heavy atom. The van der Waals surface area contributed by atoms with Gasteiger partial charge in [-0.3, -0.25) is 9.59 Å². The van der Waals surface area contributed by atoms with E-state index in [1.54, 1.807) is 24.3 Å². The van der Waals surface area contributed by atoms with E-state index in [9.17, 15) is 18.4 Å². The number of hydrogen-bond donors (Lipinski definition) is 2. The van der Waals surface area contributed by atoms with E-state index in [0.717, 1.165) is 17.7 Å². The van der Waals surface area contributed by atoms with E-state index in [-0.39, 0.29) is 47.9 Å². The third kappa shape index (κ3) is 5.97. The summed E-state index contributed by atoms with van der Waals surface area (Å²) >= 11 is 0. The van der Waals surface area contributed by atoms with Crippen LogP contribution in [-0.4, -0.2) is 16.8 Å². The second-order valence-electron chi connectivity index (χ2n) is 7.94. The van der Waals surface area contributed by atoms with Crippen molar-refractivity contribution in [1.29, 1.82) is 0 Å². The first kappa shape index (κ1) is 23.8. The smallest absolute Gasteiger partial charge is 0.253 e. The maximum atomic E-state index is 14.0. The Hall–Kier alpha value is -4.33. The van der Waals surface area contributed by atoms with Gasteiger partial charge in [-0.05, 0) is 36.8 Å². The Morgan fingerprint density at radius 1 is 1.00 bits per heavy atom.